The Bertz CT molecular complexity index is 132. The second kappa shape index (κ2) is 2.98. The summed E-state index contributed by atoms with van der Waals surface area (Å²) in [5.74, 6) is -0.306. The van der Waals surface area contributed by atoms with Gasteiger partial charge in [0.1, 0.15) is 6.17 Å². The van der Waals surface area contributed by atoms with Crippen LogP contribution in [0.2, 0.25) is 0 Å². The molecule has 0 aromatic heterocycles. The smallest absolute Gasteiger partial charge is 0.244 e. The lowest BCUT2D eigenvalue weighted by Crippen LogP contribution is -2.42. The molecule has 2 N–H and O–H groups in total. The molecule has 1 amide bonds. The Balaban J connectivity index is 2.39. The summed E-state index contributed by atoms with van der Waals surface area (Å²) in [6.45, 7) is 2.23. The van der Waals surface area contributed by atoms with E-state index in [2.05, 4.69) is 5.32 Å². The van der Waals surface area contributed by atoms with Gasteiger partial charge in [0.2, 0.25) is 5.91 Å². The molecule has 0 aromatic rings. The molecule has 10 heavy (non-hydrogen) atoms. The van der Waals surface area contributed by atoms with E-state index in [9.17, 15) is 4.79 Å². The monoisotopic (exact) mass is 144 g/mol. The topological polar surface area (TPSA) is 52.6 Å². The summed E-state index contributed by atoms with van der Waals surface area (Å²) >= 11 is 0. The van der Waals surface area contributed by atoms with Gasteiger partial charge in [-0.25, -0.2) is 5.06 Å². The molecular weight excluding hydrogens is 132 g/mol. The predicted octanol–water partition coefficient (Wildman–Crippen LogP) is -0.0664. The highest BCUT2D eigenvalue weighted by Gasteiger charge is 2.21. The van der Waals surface area contributed by atoms with Gasteiger partial charge >= 0.3 is 0 Å². The first-order valence-corrected chi connectivity index (χ1v) is 3.44. The molecule has 4 heteroatoms. The number of nitrogens with one attached hydrogen (secondary N) is 1. The number of hydrogen-bond donors (Lipinski definition) is 2. The first kappa shape index (κ1) is 7.50. The van der Waals surface area contributed by atoms with Crippen LogP contribution in [0.3, 0.4) is 0 Å². The third-order valence-electron chi connectivity index (χ3n) is 1.65. The Kier molecular flexibility index (Phi) is 2.24. The van der Waals surface area contributed by atoms with E-state index in [-0.39, 0.29) is 12.1 Å². The van der Waals surface area contributed by atoms with E-state index < -0.39 is 0 Å². The van der Waals surface area contributed by atoms with Crippen LogP contribution in [0, 0.1) is 0 Å². The van der Waals surface area contributed by atoms with Crippen molar-refractivity contribution in [2.75, 3.05) is 6.54 Å². The van der Waals surface area contributed by atoms with Crippen LogP contribution in [-0.4, -0.2) is 28.9 Å². The van der Waals surface area contributed by atoms with Crippen molar-refractivity contribution in [3.8, 4) is 0 Å². The van der Waals surface area contributed by atoms with Crippen molar-refractivity contribution >= 4 is 5.91 Å². The van der Waals surface area contributed by atoms with E-state index in [1.807, 2.05) is 0 Å². The molecule has 1 aliphatic rings. The minimum Gasteiger partial charge on any atom is -0.295 e. The van der Waals surface area contributed by atoms with Crippen LogP contribution >= 0.6 is 0 Å². The third kappa shape index (κ3) is 1.46. The first-order chi connectivity index (χ1) is 4.72. The van der Waals surface area contributed by atoms with Gasteiger partial charge in [0, 0.05) is 6.92 Å². The molecule has 58 valence electrons. The molecule has 0 aromatic carbocycles. The summed E-state index contributed by atoms with van der Waals surface area (Å²) < 4.78 is 0. The van der Waals surface area contributed by atoms with Gasteiger partial charge in [0.15, 0.2) is 0 Å². The van der Waals surface area contributed by atoms with Crippen LogP contribution in [0.15, 0.2) is 0 Å². The Labute approximate surface area is 59.8 Å². The van der Waals surface area contributed by atoms with Gasteiger partial charge in [-0.15, -0.1) is 0 Å². The van der Waals surface area contributed by atoms with Crippen molar-refractivity contribution in [1.29, 1.82) is 0 Å². The fraction of sp³-hybridized carbons (Fsp3) is 0.833. The summed E-state index contributed by atoms with van der Waals surface area (Å²) in [5, 5.41) is 12.8. The van der Waals surface area contributed by atoms with E-state index in [1.165, 1.54) is 6.92 Å². The standard InChI is InChI=1S/C6H12N2O2/c1-5(9)8(10)6-3-2-4-7-6/h6-7,10H,2-4H2,1H3. The SMILES string of the molecule is CC(=O)N(O)C1CCCN1. The second-order valence-corrected chi connectivity index (χ2v) is 2.48. The van der Waals surface area contributed by atoms with Gasteiger partial charge < -0.3 is 0 Å². The van der Waals surface area contributed by atoms with Crippen LogP contribution < -0.4 is 5.32 Å². The lowest BCUT2D eigenvalue weighted by Gasteiger charge is -2.19. The van der Waals surface area contributed by atoms with Gasteiger partial charge in [0.05, 0.1) is 0 Å². The van der Waals surface area contributed by atoms with Crippen molar-refractivity contribution in [3.05, 3.63) is 0 Å². The van der Waals surface area contributed by atoms with E-state index in [0.29, 0.717) is 0 Å². The molecule has 0 radical (unpaired) electrons. The second-order valence-electron chi connectivity index (χ2n) is 2.48. The van der Waals surface area contributed by atoms with Crippen LogP contribution in [0.4, 0.5) is 0 Å². The summed E-state index contributed by atoms with van der Waals surface area (Å²) in [5.41, 5.74) is 0. The fourth-order valence-electron chi connectivity index (χ4n) is 1.09. The number of rotatable bonds is 1. The molecule has 1 heterocycles. The maximum absolute atomic E-state index is 10.6. The minimum absolute atomic E-state index is 0.155. The minimum atomic E-state index is -0.306. The highest BCUT2D eigenvalue weighted by Crippen LogP contribution is 2.07. The maximum atomic E-state index is 10.6. The zero-order valence-electron chi connectivity index (χ0n) is 6.00. The summed E-state index contributed by atoms with van der Waals surface area (Å²) in [4.78, 5) is 10.6. The lowest BCUT2D eigenvalue weighted by atomic mass is 10.3. The highest BCUT2D eigenvalue weighted by molar-refractivity contribution is 5.72. The summed E-state index contributed by atoms with van der Waals surface area (Å²) in [6.07, 6.45) is 1.71. The Morgan fingerprint density at radius 3 is 2.90 bits per heavy atom. The quantitative estimate of drug-likeness (QED) is 0.400. The Hall–Kier alpha value is -0.610. The molecule has 1 unspecified atom stereocenters. The maximum Gasteiger partial charge on any atom is 0.244 e. The van der Waals surface area contributed by atoms with Gasteiger partial charge in [-0.2, -0.15) is 0 Å². The molecule has 4 nitrogen and oxygen atoms in total. The fourth-order valence-corrected chi connectivity index (χ4v) is 1.09. The first-order valence-electron chi connectivity index (χ1n) is 3.44. The van der Waals surface area contributed by atoms with Crippen LogP contribution in [0.25, 0.3) is 0 Å². The van der Waals surface area contributed by atoms with E-state index in [4.69, 9.17) is 5.21 Å². The van der Waals surface area contributed by atoms with E-state index in [1.54, 1.807) is 0 Å². The molecule has 1 rings (SSSR count). The van der Waals surface area contributed by atoms with Crippen LogP contribution in [0.1, 0.15) is 19.8 Å². The molecule has 1 saturated heterocycles. The van der Waals surface area contributed by atoms with Crippen molar-refractivity contribution in [1.82, 2.24) is 10.4 Å². The number of hydrogen-bond acceptors (Lipinski definition) is 3. The predicted molar refractivity (Wildman–Crippen MR) is 35.3 cm³/mol. The molecule has 0 saturated carbocycles. The van der Waals surface area contributed by atoms with Gasteiger partial charge in [-0.05, 0) is 19.4 Å². The molecular formula is C6H12N2O2. The zero-order valence-corrected chi connectivity index (χ0v) is 6.00. The third-order valence-corrected chi connectivity index (χ3v) is 1.65. The normalized spacial score (nSPS) is 24.8. The van der Waals surface area contributed by atoms with E-state index >= 15 is 0 Å². The molecule has 1 atom stereocenters. The molecule has 0 bridgehead atoms. The summed E-state index contributed by atoms with van der Waals surface area (Å²) in [6, 6.07) is 0. The number of carbonyl (C=O) groups is 1. The van der Waals surface area contributed by atoms with E-state index in [0.717, 1.165) is 24.4 Å². The van der Waals surface area contributed by atoms with Gasteiger partial charge in [-0.1, -0.05) is 0 Å². The largest absolute Gasteiger partial charge is 0.295 e. The Morgan fingerprint density at radius 1 is 1.80 bits per heavy atom. The number of carbonyl (C=O) groups excluding carboxylic acids is 1. The molecule has 1 fully saturated rings. The average molecular weight is 144 g/mol. The van der Waals surface area contributed by atoms with Crippen LogP contribution in [-0.2, 0) is 4.79 Å². The van der Waals surface area contributed by atoms with Crippen molar-refractivity contribution in [2.45, 2.75) is 25.9 Å². The van der Waals surface area contributed by atoms with Crippen molar-refractivity contribution in [3.63, 3.8) is 0 Å². The summed E-state index contributed by atoms with van der Waals surface area (Å²) in [7, 11) is 0. The number of amides is 1. The highest BCUT2D eigenvalue weighted by atomic mass is 16.5. The lowest BCUT2D eigenvalue weighted by molar-refractivity contribution is -0.174. The van der Waals surface area contributed by atoms with Gasteiger partial charge in [-0.3, -0.25) is 15.3 Å². The average Bonchev–Trinajstić information content (AvgIpc) is 2.36. The molecule has 1 aliphatic heterocycles. The van der Waals surface area contributed by atoms with Crippen molar-refractivity contribution in [2.24, 2.45) is 0 Å². The molecule has 0 aliphatic carbocycles. The Morgan fingerprint density at radius 2 is 2.50 bits per heavy atom. The van der Waals surface area contributed by atoms with Crippen molar-refractivity contribution < 1.29 is 10.0 Å². The molecule has 0 spiro atoms. The number of hydroxylamine groups is 2. The zero-order chi connectivity index (χ0) is 7.56. The van der Waals surface area contributed by atoms with Gasteiger partial charge in [0.25, 0.3) is 0 Å². The number of nitrogens with zero attached hydrogens (tertiary/aromatic N) is 1. The van der Waals surface area contributed by atoms with Crippen LogP contribution in [0.5, 0.6) is 0 Å².